The molecule has 0 amide bonds. The van der Waals surface area contributed by atoms with Crippen molar-refractivity contribution in [2.45, 2.75) is 20.8 Å². The van der Waals surface area contributed by atoms with Crippen molar-refractivity contribution in [3.05, 3.63) is 155 Å². The fourth-order valence-corrected chi connectivity index (χ4v) is 8.03. The molecule has 0 fully saturated rings. The number of hydrogen-bond donors (Lipinski definition) is 0. The highest BCUT2D eigenvalue weighted by Crippen LogP contribution is 2.48. The third-order valence-corrected chi connectivity index (χ3v) is 10.1. The first-order valence-electron chi connectivity index (χ1n) is 13.3. The van der Waals surface area contributed by atoms with Crippen LogP contribution in [0, 0.1) is 20.8 Å². The van der Waals surface area contributed by atoms with E-state index in [1.165, 1.54) is 0 Å². The number of carbonyl (C=O) groups is 3. The number of fused-ring (bicyclic) bond motifs is 3. The first-order chi connectivity index (χ1) is 19.7. The van der Waals surface area contributed by atoms with E-state index in [9.17, 15) is 18.9 Å². The largest absolute Gasteiger partial charge is 0.305 e. The van der Waals surface area contributed by atoms with Crippen molar-refractivity contribution < 1.29 is 18.9 Å². The third kappa shape index (κ3) is 5.15. The van der Waals surface area contributed by atoms with E-state index in [0.29, 0.717) is 27.3 Å². The summed E-state index contributed by atoms with van der Waals surface area (Å²) >= 11 is 0. The van der Waals surface area contributed by atoms with Gasteiger partial charge in [0.05, 0.1) is 0 Å². The van der Waals surface area contributed by atoms with Crippen molar-refractivity contribution in [3.8, 4) is 11.1 Å². The highest BCUT2D eigenvalue weighted by Gasteiger charge is 2.37. The first kappa shape index (κ1) is 27.9. The molecule has 0 aliphatic heterocycles. The van der Waals surface area contributed by atoms with Gasteiger partial charge in [0.1, 0.15) is 0 Å². The van der Waals surface area contributed by atoms with Gasteiger partial charge in [-0.15, -0.1) is 0 Å². The number of ketones is 2. The molecule has 0 spiro atoms. The van der Waals surface area contributed by atoms with Gasteiger partial charge in [-0.1, -0.05) is 127 Å². The zero-order valence-corrected chi connectivity index (χ0v) is 24.0. The van der Waals surface area contributed by atoms with Crippen molar-refractivity contribution in [2.24, 2.45) is 0 Å². The Kier molecular flexibility index (Phi) is 7.79. The van der Waals surface area contributed by atoms with Gasteiger partial charge in [0, 0.05) is 27.3 Å². The molecule has 1 aliphatic carbocycles. The Morgan fingerprint density at radius 2 is 0.854 bits per heavy atom. The highest BCUT2D eigenvalue weighted by atomic mass is 31.2. The number of Topliss-reactive ketones (excluding diaryl/α,β-unsaturated/α-hetero) is 2. The molecule has 0 aromatic heterocycles. The Morgan fingerprint density at radius 1 is 0.512 bits per heavy atom. The Balaban J connectivity index is 0.000000181. The van der Waals surface area contributed by atoms with Gasteiger partial charge in [0.25, 0.3) is 0 Å². The molecule has 1 aliphatic rings. The van der Waals surface area contributed by atoms with Gasteiger partial charge < -0.3 is 4.57 Å². The molecular formula is C36H29O4P. The lowest BCUT2D eigenvalue weighted by Gasteiger charge is -2.20. The fourth-order valence-electron chi connectivity index (χ4n) is 5.41. The summed E-state index contributed by atoms with van der Waals surface area (Å²) in [7, 11) is -3.44. The van der Waals surface area contributed by atoms with Crippen LogP contribution in [0.5, 0.6) is 0 Å². The second-order valence-electron chi connectivity index (χ2n) is 10.1. The first-order valence-corrected chi connectivity index (χ1v) is 15.1. The quantitative estimate of drug-likeness (QED) is 0.170. The number of benzene rings is 5. The molecule has 0 unspecified atom stereocenters. The number of hydrogen-bond acceptors (Lipinski definition) is 4. The van der Waals surface area contributed by atoms with Crippen LogP contribution >= 0.6 is 7.14 Å². The van der Waals surface area contributed by atoms with E-state index < -0.39 is 18.7 Å². The van der Waals surface area contributed by atoms with Crippen LogP contribution in [0.4, 0.5) is 0 Å². The van der Waals surface area contributed by atoms with E-state index in [0.717, 1.165) is 27.8 Å². The minimum atomic E-state index is -3.44. The zero-order chi connectivity index (χ0) is 29.1. The second kappa shape index (κ2) is 11.4. The summed E-state index contributed by atoms with van der Waals surface area (Å²) in [5.74, 6) is -0.816. The molecule has 0 N–H and O–H groups in total. The summed E-state index contributed by atoms with van der Waals surface area (Å²) in [4.78, 5) is 37.2. The van der Waals surface area contributed by atoms with Gasteiger partial charge in [-0.2, -0.15) is 0 Å². The minimum Gasteiger partial charge on any atom is -0.305 e. The topological polar surface area (TPSA) is 68.3 Å². The van der Waals surface area contributed by atoms with Crippen molar-refractivity contribution in [1.29, 1.82) is 0 Å². The summed E-state index contributed by atoms with van der Waals surface area (Å²) in [6.07, 6.45) is 0. The molecule has 0 bridgehead atoms. The van der Waals surface area contributed by atoms with Crippen LogP contribution < -0.4 is 10.6 Å². The molecule has 0 heterocycles. The Hall–Kier alpha value is -4.66. The van der Waals surface area contributed by atoms with Crippen LogP contribution in [-0.4, -0.2) is 17.1 Å². The molecule has 5 aromatic carbocycles. The van der Waals surface area contributed by atoms with Crippen LogP contribution in [0.3, 0.4) is 0 Å². The highest BCUT2D eigenvalue weighted by molar-refractivity contribution is 7.93. The van der Waals surface area contributed by atoms with Gasteiger partial charge >= 0.3 is 0 Å². The van der Waals surface area contributed by atoms with Gasteiger partial charge in [-0.3, -0.25) is 14.4 Å². The maximum absolute atomic E-state index is 14.2. The van der Waals surface area contributed by atoms with Gasteiger partial charge in [0.2, 0.25) is 24.2 Å². The Morgan fingerprint density at radius 3 is 1.24 bits per heavy atom. The minimum absolute atomic E-state index is 0.292. The molecule has 6 rings (SSSR count). The molecule has 0 saturated heterocycles. The molecular weight excluding hydrogens is 527 g/mol. The van der Waals surface area contributed by atoms with Crippen LogP contribution in [0.15, 0.2) is 121 Å². The van der Waals surface area contributed by atoms with E-state index in [1.807, 2.05) is 93.6 Å². The average molecular weight is 557 g/mol. The number of aryl methyl sites for hydroxylation is 3. The lowest BCUT2D eigenvalue weighted by Crippen LogP contribution is -2.23. The van der Waals surface area contributed by atoms with E-state index in [1.54, 1.807) is 48.5 Å². The van der Waals surface area contributed by atoms with Gasteiger partial charge in [-0.25, -0.2) is 0 Å². The average Bonchev–Trinajstić information content (AvgIpc) is 3.00. The lowest BCUT2D eigenvalue weighted by molar-refractivity contribution is 0.0815. The van der Waals surface area contributed by atoms with Crippen LogP contribution in [0.1, 0.15) is 47.8 Å². The summed E-state index contributed by atoms with van der Waals surface area (Å²) in [5.41, 5.74) is 5.83. The van der Waals surface area contributed by atoms with Gasteiger partial charge in [0.15, 0.2) is 0 Å². The predicted molar refractivity (Wildman–Crippen MR) is 165 cm³/mol. The summed E-state index contributed by atoms with van der Waals surface area (Å²) < 4.78 is 14.2. The normalized spacial score (nSPS) is 12.1. The lowest BCUT2D eigenvalue weighted by atomic mass is 9.84. The Bertz CT molecular complexity index is 1720. The molecule has 202 valence electrons. The van der Waals surface area contributed by atoms with E-state index in [4.69, 9.17) is 0 Å². The van der Waals surface area contributed by atoms with E-state index in [2.05, 4.69) is 0 Å². The zero-order valence-electron chi connectivity index (χ0n) is 23.1. The molecule has 0 saturated carbocycles. The molecule has 41 heavy (non-hydrogen) atoms. The summed E-state index contributed by atoms with van der Waals surface area (Å²) in [5, 5.41) is 1.15. The van der Waals surface area contributed by atoms with Crippen LogP contribution in [-0.2, 0) is 4.57 Å². The van der Waals surface area contributed by atoms with E-state index >= 15 is 0 Å². The standard InChI is InChI=1S/C22H21O2P.C14H8O2/c1-16-14-17(2)21(18(3)15-16)22(23)25(24,19-10-6-4-7-11-19)20-12-8-5-9-13-20;15-13-11-7-3-1-5-9(11)10-6-2-4-8-12(10)14(13)16/h4-15H,1-3H3;1-8H. The summed E-state index contributed by atoms with van der Waals surface area (Å²) in [6.45, 7) is 5.82. The maximum Gasteiger partial charge on any atom is 0.234 e. The number of carbonyl (C=O) groups excluding carboxylic acids is 3. The van der Waals surface area contributed by atoms with Crippen molar-refractivity contribution in [3.63, 3.8) is 0 Å². The van der Waals surface area contributed by atoms with Crippen LogP contribution in [0.25, 0.3) is 11.1 Å². The van der Waals surface area contributed by atoms with E-state index in [-0.39, 0.29) is 5.52 Å². The molecule has 5 heteroatoms. The monoisotopic (exact) mass is 556 g/mol. The molecule has 5 aromatic rings. The molecule has 0 atom stereocenters. The molecule has 4 nitrogen and oxygen atoms in total. The third-order valence-electron chi connectivity index (χ3n) is 7.26. The fraction of sp³-hybridized carbons (Fsp3) is 0.0833. The molecule has 0 radical (unpaired) electrons. The smallest absolute Gasteiger partial charge is 0.234 e. The predicted octanol–water partition coefficient (Wildman–Crippen LogP) is 7.50. The van der Waals surface area contributed by atoms with Crippen molar-refractivity contribution in [1.82, 2.24) is 0 Å². The number of rotatable bonds is 4. The second-order valence-corrected chi connectivity index (χ2v) is 12.8. The van der Waals surface area contributed by atoms with Crippen LogP contribution in [0.2, 0.25) is 0 Å². The van der Waals surface area contributed by atoms with Crippen molar-refractivity contribution >= 4 is 34.8 Å². The van der Waals surface area contributed by atoms with Gasteiger partial charge in [-0.05, 0) is 43.0 Å². The SMILES string of the molecule is Cc1cc(C)c(C(=O)P(=O)(c2ccccc2)c2ccccc2)c(C)c1.O=C1C(=O)c2ccccc2-c2ccccc21. The summed E-state index contributed by atoms with van der Waals surface area (Å²) in [6, 6.07) is 36.6. The maximum atomic E-state index is 14.2. The van der Waals surface area contributed by atoms with Crippen molar-refractivity contribution in [2.75, 3.05) is 0 Å². The Labute approximate surface area is 240 Å².